The number of carbonyl (C=O) groups is 1. The van der Waals surface area contributed by atoms with Gasteiger partial charge >= 0.3 is 0 Å². The number of primary amides is 1. The summed E-state index contributed by atoms with van der Waals surface area (Å²) in [5, 5.41) is 4.07. The van der Waals surface area contributed by atoms with Crippen molar-refractivity contribution in [1.82, 2.24) is 0 Å². The number of ether oxygens (including phenoxy) is 1. The van der Waals surface area contributed by atoms with Crippen LogP contribution in [0.3, 0.4) is 0 Å². The van der Waals surface area contributed by atoms with Gasteiger partial charge < -0.3 is 10.5 Å². The number of nitrogens with two attached hydrogens (primary N) is 1. The van der Waals surface area contributed by atoms with Crippen LogP contribution < -0.4 is 10.5 Å². The number of hydrogen-bond donors (Lipinski definition) is 1. The van der Waals surface area contributed by atoms with Crippen LogP contribution in [0.25, 0.3) is 0 Å². The van der Waals surface area contributed by atoms with Crippen LogP contribution in [-0.4, -0.2) is 13.0 Å². The minimum absolute atomic E-state index is 0.179. The third-order valence-corrected chi connectivity index (χ3v) is 5.51. The first-order valence-corrected chi connectivity index (χ1v) is 8.48. The second-order valence-electron chi connectivity index (χ2n) is 6.09. The molecule has 3 rings (SSSR count). The lowest BCUT2D eigenvalue weighted by Gasteiger charge is -2.12. The lowest BCUT2D eigenvalue weighted by molar-refractivity contribution is -0.120. The van der Waals surface area contributed by atoms with Gasteiger partial charge in [-0.1, -0.05) is 12.1 Å². The summed E-state index contributed by atoms with van der Waals surface area (Å²) in [7, 11) is 1.69. The zero-order valence-corrected chi connectivity index (χ0v) is 13.8. The summed E-state index contributed by atoms with van der Waals surface area (Å²) in [6, 6.07) is 8.31. The van der Waals surface area contributed by atoms with Crippen LogP contribution in [0.1, 0.15) is 29.5 Å². The predicted octanol–water partition coefficient (Wildman–Crippen LogP) is 3.44. The second-order valence-corrected chi connectivity index (χ2v) is 6.87. The van der Waals surface area contributed by atoms with E-state index < -0.39 is 5.41 Å². The van der Waals surface area contributed by atoms with Crippen LogP contribution in [0.4, 0.5) is 0 Å². The lowest BCUT2D eigenvalue weighted by atomic mass is 9.92. The number of methoxy groups -OCH3 is 1. The average Bonchev–Trinajstić information content (AvgIpc) is 2.98. The quantitative estimate of drug-likeness (QED) is 0.888. The Balaban J connectivity index is 1.68. The Bertz CT molecular complexity index is 680. The summed E-state index contributed by atoms with van der Waals surface area (Å²) >= 11 is 1.62. The number of thiophene rings is 1. The third-order valence-electron chi connectivity index (χ3n) is 4.82. The van der Waals surface area contributed by atoms with Crippen molar-refractivity contribution in [2.45, 2.75) is 31.6 Å². The minimum Gasteiger partial charge on any atom is -0.496 e. The summed E-state index contributed by atoms with van der Waals surface area (Å²) in [5.41, 5.74) is 8.81. The molecular formula is C18H21NO2S. The van der Waals surface area contributed by atoms with Crippen LogP contribution in [0.15, 0.2) is 35.0 Å². The van der Waals surface area contributed by atoms with E-state index in [1.807, 2.05) is 17.5 Å². The number of hydrogen-bond acceptors (Lipinski definition) is 3. The molecule has 1 fully saturated rings. The first-order valence-electron chi connectivity index (χ1n) is 7.54. The molecule has 2 atom stereocenters. The maximum Gasteiger partial charge on any atom is 0.228 e. The molecule has 0 spiro atoms. The van der Waals surface area contributed by atoms with Crippen molar-refractivity contribution in [3.8, 4) is 5.75 Å². The molecule has 22 heavy (non-hydrogen) atoms. The molecule has 1 heterocycles. The fourth-order valence-corrected chi connectivity index (χ4v) is 4.17. The molecule has 1 saturated carbocycles. The van der Waals surface area contributed by atoms with Crippen LogP contribution in [0, 0.1) is 12.8 Å². The zero-order valence-electron chi connectivity index (χ0n) is 13.0. The van der Waals surface area contributed by atoms with Gasteiger partial charge in [0.05, 0.1) is 12.5 Å². The van der Waals surface area contributed by atoms with E-state index in [2.05, 4.69) is 24.4 Å². The summed E-state index contributed by atoms with van der Waals surface area (Å²) < 4.78 is 5.29. The standard InChI is InChI=1S/C18H21NO2S/c1-12-9-13(4-6-16(12)21-2)3-5-14-10-18(14,17(19)20)15-7-8-22-11-15/h4,6-9,11,14H,3,5,10H2,1-2H3,(H2,19,20). The SMILES string of the molecule is COc1ccc(CCC2CC2(C(N)=O)c2ccsc2)cc1C. The summed E-state index contributed by atoms with van der Waals surface area (Å²) in [5.74, 6) is 1.10. The van der Waals surface area contributed by atoms with E-state index in [4.69, 9.17) is 10.5 Å². The fourth-order valence-electron chi connectivity index (χ4n) is 3.43. The highest BCUT2D eigenvalue weighted by molar-refractivity contribution is 7.08. The molecule has 1 aromatic carbocycles. The van der Waals surface area contributed by atoms with Crippen molar-refractivity contribution >= 4 is 17.2 Å². The first-order chi connectivity index (χ1) is 10.6. The van der Waals surface area contributed by atoms with E-state index in [1.165, 1.54) is 5.56 Å². The van der Waals surface area contributed by atoms with E-state index in [-0.39, 0.29) is 5.91 Å². The van der Waals surface area contributed by atoms with Gasteiger partial charge in [0.25, 0.3) is 0 Å². The Labute approximate surface area is 135 Å². The van der Waals surface area contributed by atoms with E-state index in [0.717, 1.165) is 36.1 Å². The average molecular weight is 315 g/mol. The van der Waals surface area contributed by atoms with Crippen LogP contribution in [-0.2, 0) is 16.6 Å². The molecule has 4 heteroatoms. The zero-order chi connectivity index (χ0) is 15.7. The summed E-state index contributed by atoms with van der Waals surface area (Å²) in [6.07, 6.45) is 2.84. The van der Waals surface area contributed by atoms with E-state index in [9.17, 15) is 4.79 Å². The van der Waals surface area contributed by atoms with Crippen LogP contribution >= 0.6 is 11.3 Å². The van der Waals surface area contributed by atoms with Crippen molar-refractivity contribution in [2.75, 3.05) is 7.11 Å². The van der Waals surface area contributed by atoms with Gasteiger partial charge in [0.1, 0.15) is 5.75 Å². The summed E-state index contributed by atoms with van der Waals surface area (Å²) in [4.78, 5) is 12.0. The van der Waals surface area contributed by atoms with Crippen molar-refractivity contribution in [2.24, 2.45) is 11.7 Å². The van der Waals surface area contributed by atoms with Gasteiger partial charge in [-0.25, -0.2) is 0 Å². The maximum atomic E-state index is 12.0. The molecule has 0 radical (unpaired) electrons. The monoisotopic (exact) mass is 315 g/mol. The molecular weight excluding hydrogens is 294 g/mol. The normalized spacial score (nSPS) is 23.3. The molecule has 1 aliphatic rings. The van der Waals surface area contributed by atoms with Gasteiger partial charge in [0.15, 0.2) is 0 Å². The largest absolute Gasteiger partial charge is 0.496 e. The summed E-state index contributed by atoms with van der Waals surface area (Å²) in [6.45, 7) is 2.05. The number of carbonyl (C=O) groups excluding carboxylic acids is 1. The van der Waals surface area contributed by atoms with Crippen molar-refractivity contribution < 1.29 is 9.53 Å². The Hall–Kier alpha value is -1.81. The molecule has 2 aromatic rings. The Morgan fingerprint density at radius 1 is 1.45 bits per heavy atom. The van der Waals surface area contributed by atoms with E-state index in [0.29, 0.717) is 5.92 Å². The predicted molar refractivity (Wildman–Crippen MR) is 89.4 cm³/mol. The molecule has 1 amide bonds. The third kappa shape index (κ3) is 2.52. The van der Waals surface area contributed by atoms with Gasteiger partial charge in [0, 0.05) is 0 Å². The molecule has 3 nitrogen and oxygen atoms in total. The Kier molecular flexibility index (Phi) is 3.96. The first kappa shape index (κ1) is 15.1. The lowest BCUT2D eigenvalue weighted by Crippen LogP contribution is -2.30. The minimum atomic E-state index is -0.415. The van der Waals surface area contributed by atoms with Gasteiger partial charge in [-0.15, -0.1) is 0 Å². The number of benzene rings is 1. The molecule has 0 bridgehead atoms. The fraction of sp³-hybridized carbons (Fsp3) is 0.389. The molecule has 0 saturated heterocycles. The van der Waals surface area contributed by atoms with E-state index in [1.54, 1.807) is 18.4 Å². The topological polar surface area (TPSA) is 52.3 Å². The van der Waals surface area contributed by atoms with Crippen molar-refractivity contribution in [1.29, 1.82) is 0 Å². The number of rotatable bonds is 6. The van der Waals surface area contributed by atoms with Gasteiger partial charge in [-0.05, 0) is 71.7 Å². The molecule has 0 aliphatic heterocycles. The molecule has 2 N–H and O–H groups in total. The van der Waals surface area contributed by atoms with Gasteiger partial charge in [0.2, 0.25) is 5.91 Å². The van der Waals surface area contributed by atoms with Crippen LogP contribution in [0.5, 0.6) is 5.75 Å². The van der Waals surface area contributed by atoms with Gasteiger partial charge in [-0.3, -0.25) is 4.79 Å². The van der Waals surface area contributed by atoms with Crippen LogP contribution in [0.2, 0.25) is 0 Å². The molecule has 2 unspecified atom stereocenters. The number of aryl methyl sites for hydroxylation is 2. The molecule has 116 valence electrons. The Morgan fingerprint density at radius 2 is 2.27 bits per heavy atom. The smallest absolute Gasteiger partial charge is 0.228 e. The molecule has 1 aliphatic carbocycles. The Morgan fingerprint density at radius 3 is 2.86 bits per heavy atom. The van der Waals surface area contributed by atoms with Crippen molar-refractivity contribution in [3.63, 3.8) is 0 Å². The highest BCUT2D eigenvalue weighted by Gasteiger charge is 2.59. The highest BCUT2D eigenvalue weighted by atomic mass is 32.1. The second kappa shape index (κ2) is 5.76. The number of amides is 1. The van der Waals surface area contributed by atoms with Gasteiger partial charge in [-0.2, -0.15) is 11.3 Å². The van der Waals surface area contributed by atoms with Crippen molar-refractivity contribution in [3.05, 3.63) is 51.7 Å². The van der Waals surface area contributed by atoms with E-state index >= 15 is 0 Å². The maximum absolute atomic E-state index is 12.0. The molecule has 1 aromatic heterocycles. The highest BCUT2D eigenvalue weighted by Crippen LogP contribution is 2.56.